The summed E-state index contributed by atoms with van der Waals surface area (Å²) < 4.78 is 0. The first-order chi connectivity index (χ1) is 10.7. The van der Waals surface area contributed by atoms with Crippen molar-refractivity contribution in [3.63, 3.8) is 0 Å². The smallest absolute Gasteiger partial charge is 0.229 e. The number of benzene rings is 2. The molecule has 0 aliphatic rings. The molecule has 6 N–H and O–H groups in total. The number of aromatic nitrogens is 2. The highest BCUT2D eigenvalue weighted by atomic mass is 15.1. The Labute approximate surface area is 128 Å². The number of nitrogen functional groups attached to an aromatic ring is 2. The average Bonchev–Trinajstić information content (AvgIpc) is 2.47. The molecule has 0 spiro atoms. The molecule has 1 aromatic heterocycles. The van der Waals surface area contributed by atoms with Gasteiger partial charge in [0.15, 0.2) is 0 Å². The lowest BCUT2D eigenvalue weighted by Gasteiger charge is -2.09. The fourth-order valence-corrected chi connectivity index (χ4v) is 2.00. The third-order valence-corrected chi connectivity index (χ3v) is 2.96. The van der Waals surface area contributed by atoms with Gasteiger partial charge in [-0.15, -0.1) is 0 Å². The Morgan fingerprint density at radius 2 is 1.41 bits per heavy atom. The summed E-state index contributed by atoms with van der Waals surface area (Å²) in [5.41, 5.74) is 14.6. The van der Waals surface area contributed by atoms with Gasteiger partial charge in [-0.2, -0.15) is 4.98 Å². The molecule has 6 heteroatoms. The highest BCUT2D eigenvalue weighted by Crippen LogP contribution is 2.19. The van der Waals surface area contributed by atoms with Crippen LogP contribution in [0.3, 0.4) is 0 Å². The quantitative estimate of drug-likeness (QED) is 0.551. The second kappa shape index (κ2) is 6.01. The van der Waals surface area contributed by atoms with Crippen molar-refractivity contribution in [1.29, 1.82) is 0 Å². The van der Waals surface area contributed by atoms with Gasteiger partial charge >= 0.3 is 0 Å². The van der Waals surface area contributed by atoms with Crippen molar-refractivity contribution in [3.05, 3.63) is 60.8 Å². The highest BCUT2D eigenvalue weighted by molar-refractivity contribution is 5.63. The van der Waals surface area contributed by atoms with E-state index in [1.807, 2.05) is 48.5 Å². The lowest BCUT2D eigenvalue weighted by Crippen LogP contribution is -2.01. The number of nitrogens with one attached hydrogen (secondary N) is 2. The number of nitrogens with zero attached hydrogens (tertiary/aromatic N) is 2. The van der Waals surface area contributed by atoms with Crippen LogP contribution in [-0.4, -0.2) is 9.97 Å². The second-order valence-electron chi connectivity index (χ2n) is 4.77. The van der Waals surface area contributed by atoms with Gasteiger partial charge in [-0.1, -0.05) is 12.1 Å². The Kier molecular flexibility index (Phi) is 3.74. The number of rotatable bonds is 4. The van der Waals surface area contributed by atoms with Crippen LogP contribution in [0, 0.1) is 0 Å². The molecular weight excluding hydrogens is 276 g/mol. The van der Waals surface area contributed by atoms with Crippen LogP contribution in [-0.2, 0) is 0 Å². The third-order valence-electron chi connectivity index (χ3n) is 2.96. The zero-order chi connectivity index (χ0) is 15.4. The summed E-state index contributed by atoms with van der Waals surface area (Å²) >= 11 is 0. The van der Waals surface area contributed by atoms with Crippen LogP contribution < -0.4 is 22.1 Å². The van der Waals surface area contributed by atoms with E-state index in [0.717, 1.165) is 11.4 Å². The number of hydrogen-bond acceptors (Lipinski definition) is 6. The maximum Gasteiger partial charge on any atom is 0.229 e. The summed E-state index contributed by atoms with van der Waals surface area (Å²) in [7, 11) is 0. The minimum Gasteiger partial charge on any atom is -0.399 e. The summed E-state index contributed by atoms with van der Waals surface area (Å²) in [4.78, 5) is 8.60. The van der Waals surface area contributed by atoms with Gasteiger partial charge in [0.25, 0.3) is 0 Å². The molecule has 3 aromatic rings. The molecule has 0 atom stereocenters. The zero-order valence-corrected chi connectivity index (χ0v) is 11.8. The highest BCUT2D eigenvalue weighted by Gasteiger charge is 2.01. The molecule has 0 radical (unpaired) electrons. The SMILES string of the molecule is Nc1cccc(Nc2ccnc(Nc3cccc(N)c3)n2)c1. The molecule has 2 aromatic carbocycles. The number of anilines is 6. The third kappa shape index (κ3) is 3.43. The Morgan fingerprint density at radius 3 is 2.05 bits per heavy atom. The summed E-state index contributed by atoms with van der Waals surface area (Å²) in [5, 5.41) is 6.30. The summed E-state index contributed by atoms with van der Waals surface area (Å²) in [6.45, 7) is 0. The molecule has 22 heavy (non-hydrogen) atoms. The van der Waals surface area contributed by atoms with Crippen LogP contribution >= 0.6 is 0 Å². The topological polar surface area (TPSA) is 102 Å². The zero-order valence-electron chi connectivity index (χ0n) is 11.8. The van der Waals surface area contributed by atoms with E-state index in [4.69, 9.17) is 11.5 Å². The summed E-state index contributed by atoms with van der Waals surface area (Å²) in [6.07, 6.45) is 1.68. The molecule has 0 bridgehead atoms. The van der Waals surface area contributed by atoms with E-state index in [1.54, 1.807) is 12.3 Å². The molecule has 0 aliphatic carbocycles. The Hall–Kier alpha value is -3.28. The Bertz CT molecular complexity index is 724. The maximum atomic E-state index is 5.76. The van der Waals surface area contributed by atoms with Crippen LogP contribution in [0.1, 0.15) is 0 Å². The van der Waals surface area contributed by atoms with Crippen molar-refractivity contribution in [1.82, 2.24) is 9.97 Å². The van der Waals surface area contributed by atoms with Gasteiger partial charge in [0.05, 0.1) is 0 Å². The first-order valence-electron chi connectivity index (χ1n) is 6.77. The van der Waals surface area contributed by atoms with Crippen LogP contribution in [0.2, 0.25) is 0 Å². The molecule has 0 saturated carbocycles. The monoisotopic (exact) mass is 292 g/mol. The fraction of sp³-hybridized carbons (Fsp3) is 0. The molecule has 1 heterocycles. The Balaban J connectivity index is 1.78. The van der Waals surface area contributed by atoms with E-state index < -0.39 is 0 Å². The predicted octanol–water partition coefficient (Wildman–Crippen LogP) is 3.13. The molecule has 110 valence electrons. The van der Waals surface area contributed by atoms with E-state index in [1.165, 1.54) is 0 Å². The van der Waals surface area contributed by atoms with Crippen molar-refractivity contribution in [2.45, 2.75) is 0 Å². The van der Waals surface area contributed by atoms with Crippen LogP contribution in [0.5, 0.6) is 0 Å². The first-order valence-corrected chi connectivity index (χ1v) is 6.77. The standard InChI is InChI=1S/C16H16N6/c17-11-3-1-5-13(9-11)20-15-7-8-19-16(22-15)21-14-6-2-4-12(18)10-14/h1-10H,17-18H2,(H2,19,20,21,22). The lowest BCUT2D eigenvalue weighted by atomic mass is 10.3. The van der Waals surface area contributed by atoms with Gasteiger partial charge in [0, 0.05) is 28.9 Å². The van der Waals surface area contributed by atoms with E-state index in [0.29, 0.717) is 23.1 Å². The maximum absolute atomic E-state index is 5.76. The predicted molar refractivity (Wildman–Crippen MR) is 90.3 cm³/mol. The van der Waals surface area contributed by atoms with Crippen molar-refractivity contribution in [3.8, 4) is 0 Å². The van der Waals surface area contributed by atoms with Crippen molar-refractivity contribution >= 4 is 34.5 Å². The molecule has 3 rings (SSSR count). The number of hydrogen-bond donors (Lipinski definition) is 4. The van der Waals surface area contributed by atoms with Gasteiger partial charge in [-0.3, -0.25) is 0 Å². The van der Waals surface area contributed by atoms with E-state index in [9.17, 15) is 0 Å². The molecule has 0 fully saturated rings. The molecular formula is C16H16N6. The van der Waals surface area contributed by atoms with Gasteiger partial charge in [-0.05, 0) is 42.5 Å². The largest absolute Gasteiger partial charge is 0.399 e. The molecule has 6 nitrogen and oxygen atoms in total. The number of nitrogens with two attached hydrogens (primary N) is 2. The van der Waals surface area contributed by atoms with Crippen LogP contribution in [0.15, 0.2) is 60.8 Å². The van der Waals surface area contributed by atoms with Crippen molar-refractivity contribution in [2.24, 2.45) is 0 Å². The van der Waals surface area contributed by atoms with Crippen molar-refractivity contribution in [2.75, 3.05) is 22.1 Å². The van der Waals surface area contributed by atoms with Crippen molar-refractivity contribution < 1.29 is 0 Å². The molecule has 0 saturated heterocycles. The lowest BCUT2D eigenvalue weighted by molar-refractivity contribution is 1.17. The molecule has 0 unspecified atom stereocenters. The van der Waals surface area contributed by atoms with Gasteiger partial charge in [0.2, 0.25) is 5.95 Å². The van der Waals surface area contributed by atoms with Crippen LogP contribution in [0.4, 0.5) is 34.5 Å². The fourth-order valence-electron chi connectivity index (χ4n) is 2.00. The van der Waals surface area contributed by atoms with Gasteiger partial charge in [0.1, 0.15) is 5.82 Å². The van der Waals surface area contributed by atoms with Gasteiger partial charge < -0.3 is 22.1 Å². The first kappa shape index (κ1) is 13.7. The van der Waals surface area contributed by atoms with E-state index in [2.05, 4.69) is 20.6 Å². The molecule has 0 aliphatic heterocycles. The van der Waals surface area contributed by atoms with Gasteiger partial charge in [-0.25, -0.2) is 4.98 Å². The second-order valence-corrected chi connectivity index (χ2v) is 4.77. The summed E-state index contributed by atoms with van der Waals surface area (Å²) in [6, 6.07) is 16.7. The minimum absolute atomic E-state index is 0.486. The summed E-state index contributed by atoms with van der Waals surface area (Å²) in [5.74, 6) is 1.16. The molecule has 0 amide bonds. The average molecular weight is 292 g/mol. The normalized spacial score (nSPS) is 10.2. The van der Waals surface area contributed by atoms with E-state index >= 15 is 0 Å². The van der Waals surface area contributed by atoms with Crippen LogP contribution in [0.25, 0.3) is 0 Å². The Morgan fingerprint density at radius 1 is 0.773 bits per heavy atom. The minimum atomic E-state index is 0.486. The van der Waals surface area contributed by atoms with E-state index in [-0.39, 0.29) is 0 Å².